The highest BCUT2D eigenvalue weighted by atomic mass is 16.3. The number of hydrogen-bond acceptors (Lipinski definition) is 4. The van der Waals surface area contributed by atoms with Crippen LogP contribution in [-0.4, -0.2) is 64.8 Å². The summed E-state index contributed by atoms with van der Waals surface area (Å²) >= 11 is 0. The van der Waals surface area contributed by atoms with Crippen molar-refractivity contribution in [3.63, 3.8) is 0 Å². The normalized spacial score (nSPS) is 33.6. The van der Waals surface area contributed by atoms with Gasteiger partial charge in [0.05, 0.1) is 6.10 Å². The summed E-state index contributed by atoms with van der Waals surface area (Å²) in [6, 6.07) is 6.17. The van der Waals surface area contributed by atoms with Crippen LogP contribution in [0.5, 0.6) is 0 Å². The smallest absolute Gasteiger partial charge is 0.0763 e. The average molecular weight is 233 g/mol. The minimum absolute atomic E-state index is 0.291. The number of piperazine rings is 3. The topological polar surface area (TPSA) is 39.6 Å². The van der Waals surface area contributed by atoms with Crippen LogP contribution in [0.3, 0.4) is 0 Å². The van der Waals surface area contributed by atoms with E-state index in [1.54, 1.807) is 6.20 Å². The van der Waals surface area contributed by atoms with E-state index in [1.165, 1.54) is 0 Å². The number of aromatic nitrogens is 1. The zero-order valence-electron chi connectivity index (χ0n) is 10.00. The lowest BCUT2D eigenvalue weighted by molar-refractivity contribution is -0.0455. The summed E-state index contributed by atoms with van der Waals surface area (Å²) in [5.41, 5.74) is 0.984. The number of hydrogen-bond donors (Lipinski definition) is 1. The molecule has 17 heavy (non-hydrogen) atoms. The van der Waals surface area contributed by atoms with Crippen molar-refractivity contribution in [2.45, 2.75) is 18.6 Å². The van der Waals surface area contributed by atoms with Gasteiger partial charge in [0.1, 0.15) is 0 Å². The van der Waals surface area contributed by atoms with E-state index in [4.69, 9.17) is 0 Å². The van der Waals surface area contributed by atoms with E-state index < -0.39 is 0 Å². The molecule has 3 aliphatic rings. The van der Waals surface area contributed by atoms with Gasteiger partial charge in [0.2, 0.25) is 0 Å². The molecular weight excluding hydrogens is 214 g/mol. The number of fused-ring (bicyclic) bond motifs is 3. The second-order valence-corrected chi connectivity index (χ2v) is 5.00. The molecule has 3 fully saturated rings. The van der Waals surface area contributed by atoms with E-state index in [0.717, 1.165) is 38.4 Å². The summed E-state index contributed by atoms with van der Waals surface area (Å²) < 4.78 is 0. The molecule has 92 valence electrons. The Labute approximate surface area is 102 Å². The van der Waals surface area contributed by atoms with Gasteiger partial charge in [-0.3, -0.25) is 14.8 Å². The molecule has 2 bridgehead atoms. The van der Waals surface area contributed by atoms with Crippen LogP contribution in [0.15, 0.2) is 24.4 Å². The Morgan fingerprint density at radius 2 is 2.12 bits per heavy atom. The summed E-state index contributed by atoms with van der Waals surface area (Å²) in [4.78, 5) is 9.16. The summed E-state index contributed by atoms with van der Waals surface area (Å²) in [6.45, 7) is 5.53. The maximum atomic E-state index is 10.3. The van der Waals surface area contributed by atoms with Crippen LogP contribution >= 0.6 is 0 Å². The van der Waals surface area contributed by atoms with Crippen molar-refractivity contribution in [2.24, 2.45) is 0 Å². The third-order valence-electron chi connectivity index (χ3n) is 3.91. The number of aliphatic hydroxyl groups excluding tert-OH is 1. The van der Waals surface area contributed by atoms with Crippen molar-refractivity contribution in [1.82, 2.24) is 14.8 Å². The molecule has 1 aromatic heterocycles. The molecule has 0 aliphatic carbocycles. The van der Waals surface area contributed by atoms with E-state index in [1.807, 2.05) is 18.2 Å². The van der Waals surface area contributed by atoms with Gasteiger partial charge in [-0.05, 0) is 12.1 Å². The van der Waals surface area contributed by atoms with Crippen LogP contribution in [0.1, 0.15) is 5.69 Å². The lowest BCUT2D eigenvalue weighted by atomic mass is 9.99. The third kappa shape index (κ3) is 2.34. The number of pyridine rings is 1. The Hall–Kier alpha value is -0.970. The number of aliphatic hydroxyl groups is 1. The van der Waals surface area contributed by atoms with E-state index in [0.29, 0.717) is 12.5 Å². The van der Waals surface area contributed by atoms with Gasteiger partial charge in [0.25, 0.3) is 0 Å². The van der Waals surface area contributed by atoms with Gasteiger partial charge in [-0.25, -0.2) is 0 Å². The van der Waals surface area contributed by atoms with Crippen molar-refractivity contribution in [2.75, 3.05) is 32.7 Å². The Balaban J connectivity index is 1.64. The monoisotopic (exact) mass is 233 g/mol. The largest absolute Gasteiger partial charge is 0.391 e. The van der Waals surface area contributed by atoms with Crippen LogP contribution in [0, 0.1) is 0 Å². The van der Waals surface area contributed by atoms with Crippen molar-refractivity contribution < 1.29 is 5.11 Å². The predicted octanol–water partition coefficient (Wildman–Crippen LogP) is -0.0152. The Morgan fingerprint density at radius 1 is 1.29 bits per heavy atom. The van der Waals surface area contributed by atoms with E-state index >= 15 is 0 Å². The lowest BCUT2D eigenvalue weighted by Gasteiger charge is -2.49. The first-order valence-electron chi connectivity index (χ1n) is 6.37. The highest BCUT2D eigenvalue weighted by Gasteiger charge is 2.35. The maximum absolute atomic E-state index is 10.3. The first kappa shape index (κ1) is 11.1. The third-order valence-corrected chi connectivity index (χ3v) is 3.91. The molecule has 0 saturated carbocycles. The summed E-state index contributed by atoms with van der Waals surface area (Å²) in [5, 5.41) is 10.3. The van der Waals surface area contributed by atoms with E-state index in [2.05, 4.69) is 14.8 Å². The molecule has 4 nitrogen and oxygen atoms in total. The fourth-order valence-electron chi connectivity index (χ4n) is 2.89. The number of nitrogens with zero attached hydrogens (tertiary/aromatic N) is 3. The molecule has 2 unspecified atom stereocenters. The molecule has 4 heteroatoms. The second-order valence-electron chi connectivity index (χ2n) is 5.00. The average Bonchev–Trinajstić information content (AvgIpc) is 2.41. The van der Waals surface area contributed by atoms with Crippen LogP contribution in [0.4, 0.5) is 0 Å². The van der Waals surface area contributed by atoms with E-state index in [9.17, 15) is 5.11 Å². The van der Waals surface area contributed by atoms with Crippen LogP contribution in [0.25, 0.3) is 0 Å². The minimum Gasteiger partial charge on any atom is -0.391 e. The molecule has 0 amide bonds. The molecule has 0 aromatic carbocycles. The number of rotatable bonds is 3. The first-order chi connectivity index (χ1) is 8.33. The molecule has 0 spiro atoms. The van der Waals surface area contributed by atoms with Gasteiger partial charge in [0.15, 0.2) is 0 Å². The zero-order valence-corrected chi connectivity index (χ0v) is 10.00. The van der Waals surface area contributed by atoms with Gasteiger partial charge < -0.3 is 5.11 Å². The van der Waals surface area contributed by atoms with Crippen LogP contribution in [-0.2, 0) is 6.42 Å². The Morgan fingerprint density at radius 3 is 2.71 bits per heavy atom. The predicted molar refractivity (Wildman–Crippen MR) is 65.7 cm³/mol. The van der Waals surface area contributed by atoms with Crippen molar-refractivity contribution in [3.05, 3.63) is 30.1 Å². The molecule has 4 heterocycles. The summed E-state index contributed by atoms with van der Waals surface area (Å²) in [5.74, 6) is 0. The van der Waals surface area contributed by atoms with Crippen molar-refractivity contribution in [3.8, 4) is 0 Å². The maximum Gasteiger partial charge on any atom is 0.0763 e. The van der Waals surface area contributed by atoms with Gasteiger partial charge in [-0.1, -0.05) is 6.07 Å². The summed E-state index contributed by atoms with van der Waals surface area (Å²) in [6.07, 6.45) is 2.15. The molecule has 3 saturated heterocycles. The highest BCUT2D eigenvalue weighted by Crippen LogP contribution is 2.19. The van der Waals surface area contributed by atoms with Crippen LogP contribution < -0.4 is 0 Å². The minimum atomic E-state index is -0.298. The standard InChI is InChI=1S/C13H19N3O/c17-13(9-11-3-1-2-4-14-11)12-10-15-5-7-16(12)8-6-15/h1-4,12-13,17H,5-10H2. The van der Waals surface area contributed by atoms with Crippen molar-refractivity contribution >= 4 is 0 Å². The Kier molecular flexibility index (Phi) is 3.09. The van der Waals surface area contributed by atoms with Gasteiger partial charge >= 0.3 is 0 Å². The highest BCUT2D eigenvalue weighted by molar-refractivity contribution is 5.06. The fourth-order valence-corrected chi connectivity index (χ4v) is 2.89. The molecule has 4 rings (SSSR count). The summed E-state index contributed by atoms with van der Waals surface area (Å²) in [7, 11) is 0. The molecule has 0 radical (unpaired) electrons. The van der Waals surface area contributed by atoms with Crippen LogP contribution in [0.2, 0.25) is 0 Å². The second kappa shape index (κ2) is 4.72. The zero-order chi connectivity index (χ0) is 11.7. The van der Waals surface area contributed by atoms with E-state index in [-0.39, 0.29) is 6.10 Å². The Bertz CT molecular complexity index is 362. The van der Waals surface area contributed by atoms with Gasteiger partial charge in [-0.15, -0.1) is 0 Å². The molecule has 1 aromatic rings. The van der Waals surface area contributed by atoms with Gasteiger partial charge in [-0.2, -0.15) is 0 Å². The molecule has 1 N–H and O–H groups in total. The first-order valence-corrected chi connectivity index (χ1v) is 6.37. The fraction of sp³-hybridized carbons (Fsp3) is 0.615. The molecule has 2 atom stereocenters. The SMILES string of the molecule is OC(Cc1ccccn1)C1CN2CCN1CC2. The lowest BCUT2D eigenvalue weighted by Crippen LogP contribution is -2.64. The van der Waals surface area contributed by atoms with Gasteiger partial charge in [0, 0.05) is 57.1 Å². The quantitative estimate of drug-likeness (QED) is 0.797. The molecular formula is C13H19N3O. The molecule has 3 aliphatic heterocycles. The van der Waals surface area contributed by atoms with Crippen molar-refractivity contribution in [1.29, 1.82) is 0 Å².